The third-order valence-corrected chi connectivity index (χ3v) is 3.81. The van der Waals surface area contributed by atoms with Crippen LogP contribution < -0.4 is 5.32 Å². The zero-order valence-electron chi connectivity index (χ0n) is 12.7. The van der Waals surface area contributed by atoms with Gasteiger partial charge < -0.3 is 10.4 Å². The van der Waals surface area contributed by atoms with Gasteiger partial charge in [-0.05, 0) is 24.0 Å². The molecular formula is C19H23NO2. The molecule has 1 fully saturated rings. The lowest BCUT2D eigenvalue weighted by Gasteiger charge is -2.20. The second-order valence-corrected chi connectivity index (χ2v) is 5.52. The molecule has 22 heavy (non-hydrogen) atoms. The molecule has 2 aromatic carbocycles. The van der Waals surface area contributed by atoms with Gasteiger partial charge >= 0.3 is 6.09 Å². The molecule has 1 saturated carbocycles. The predicted molar refractivity (Wildman–Crippen MR) is 89.9 cm³/mol. The van der Waals surface area contributed by atoms with E-state index in [9.17, 15) is 4.79 Å². The van der Waals surface area contributed by atoms with Crippen molar-refractivity contribution in [1.29, 1.82) is 0 Å². The monoisotopic (exact) mass is 297 g/mol. The summed E-state index contributed by atoms with van der Waals surface area (Å²) >= 11 is 0. The van der Waals surface area contributed by atoms with Gasteiger partial charge in [-0.15, -0.1) is 0 Å². The number of rotatable bonds is 2. The highest BCUT2D eigenvalue weighted by molar-refractivity contribution is 5.64. The van der Waals surface area contributed by atoms with E-state index in [1.165, 1.54) is 30.4 Å². The Kier molecular flexibility index (Phi) is 6.49. The van der Waals surface area contributed by atoms with Crippen molar-refractivity contribution in [2.45, 2.75) is 38.1 Å². The maximum atomic E-state index is 10.2. The van der Waals surface area contributed by atoms with E-state index in [-0.39, 0.29) is 6.04 Å². The second-order valence-electron chi connectivity index (χ2n) is 5.52. The summed E-state index contributed by atoms with van der Waals surface area (Å²) in [5, 5.41) is 10.9. The van der Waals surface area contributed by atoms with E-state index in [1.807, 2.05) is 12.1 Å². The van der Waals surface area contributed by atoms with E-state index >= 15 is 0 Å². The molecule has 3 heteroatoms. The minimum Gasteiger partial charge on any atom is -0.465 e. The zero-order valence-corrected chi connectivity index (χ0v) is 12.7. The largest absolute Gasteiger partial charge is 0.465 e. The average Bonchev–Trinajstić information content (AvgIpc) is 2.57. The van der Waals surface area contributed by atoms with Crippen LogP contribution in [0.2, 0.25) is 0 Å². The first kappa shape index (κ1) is 16.1. The van der Waals surface area contributed by atoms with E-state index in [2.05, 4.69) is 53.8 Å². The van der Waals surface area contributed by atoms with Crippen molar-refractivity contribution in [1.82, 2.24) is 5.32 Å². The number of amides is 1. The Hall–Kier alpha value is -2.29. The first-order valence-electron chi connectivity index (χ1n) is 7.85. The first-order chi connectivity index (χ1) is 10.8. The average molecular weight is 297 g/mol. The fraction of sp³-hybridized carbons (Fsp3) is 0.316. The fourth-order valence-electron chi connectivity index (χ4n) is 2.68. The van der Waals surface area contributed by atoms with Crippen molar-refractivity contribution >= 4 is 6.09 Å². The second kappa shape index (κ2) is 8.88. The first-order valence-corrected chi connectivity index (χ1v) is 7.85. The number of hydrogen-bond donors (Lipinski definition) is 2. The lowest BCUT2D eigenvalue weighted by Crippen LogP contribution is -2.34. The summed E-state index contributed by atoms with van der Waals surface area (Å²) in [4.78, 5) is 10.2. The molecule has 0 aliphatic heterocycles. The molecule has 3 rings (SSSR count). The maximum Gasteiger partial charge on any atom is 0.404 e. The Morgan fingerprint density at radius 3 is 1.68 bits per heavy atom. The Morgan fingerprint density at radius 2 is 1.27 bits per heavy atom. The highest BCUT2D eigenvalue weighted by Crippen LogP contribution is 2.17. The minimum absolute atomic E-state index is 0.228. The van der Waals surface area contributed by atoms with Crippen LogP contribution in [0.5, 0.6) is 0 Å². The van der Waals surface area contributed by atoms with Gasteiger partial charge in [-0.3, -0.25) is 0 Å². The summed E-state index contributed by atoms with van der Waals surface area (Å²) < 4.78 is 0. The van der Waals surface area contributed by atoms with Crippen LogP contribution in [-0.4, -0.2) is 17.2 Å². The molecule has 0 spiro atoms. The van der Waals surface area contributed by atoms with E-state index in [0.29, 0.717) is 0 Å². The lowest BCUT2D eigenvalue weighted by molar-refractivity contribution is 0.186. The molecule has 1 amide bonds. The third kappa shape index (κ3) is 5.60. The molecule has 0 heterocycles. The van der Waals surface area contributed by atoms with Gasteiger partial charge in [0.05, 0.1) is 0 Å². The maximum absolute atomic E-state index is 10.2. The molecule has 116 valence electrons. The van der Waals surface area contributed by atoms with Crippen LogP contribution >= 0.6 is 0 Å². The lowest BCUT2D eigenvalue weighted by atomic mass is 9.96. The normalized spacial score (nSPS) is 14.5. The van der Waals surface area contributed by atoms with E-state index in [1.54, 1.807) is 0 Å². The highest BCUT2D eigenvalue weighted by atomic mass is 16.4. The Morgan fingerprint density at radius 1 is 0.818 bits per heavy atom. The van der Waals surface area contributed by atoms with Crippen LogP contribution in [0.3, 0.4) is 0 Å². The molecule has 3 nitrogen and oxygen atoms in total. The molecule has 0 saturated heterocycles. The summed E-state index contributed by atoms with van der Waals surface area (Å²) in [5.74, 6) is 0. The zero-order chi connectivity index (χ0) is 15.6. The summed E-state index contributed by atoms with van der Waals surface area (Å²) in [7, 11) is 0. The number of carbonyl (C=O) groups is 1. The summed E-state index contributed by atoms with van der Waals surface area (Å²) in [6, 6.07) is 21.0. The van der Waals surface area contributed by atoms with Crippen molar-refractivity contribution in [2.75, 3.05) is 0 Å². The molecule has 0 aromatic heterocycles. The molecule has 0 radical (unpaired) electrons. The molecule has 0 unspecified atom stereocenters. The topological polar surface area (TPSA) is 49.3 Å². The molecule has 1 aliphatic rings. The summed E-state index contributed by atoms with van der Waals surface area (Å²) in [6.07, 6.45) is 4.76. The van der Waals surface area contributed by atoms with Crippen molar-refractivity contribution < 1.29 is 9.90 Å². The van der Waals surface area contributed by atoms with Crippen molar-refractivity contribution in [2.24, 2.45) is 0 Å². The van der Waals surface area contributed by atoms with Gasteiger partial charge in [0.1, 0.15) is 0 Å². The van der Waals surface area contributed by atoms with Crippen LogP contribution in [-0.2, 0) is 0 Å². The Labute approximate surface area is 132 Å². The van der Waals surface area contributed by atoms with E-state index < -0.39 is 6.09 Å². The van der Waals surface area contributed by atoms with Gasteiger partial charge in [0.15, 0.2) is 0 Å². The molecule has 0 bridgehead atoms. The smallest absolute Gasteiger partial charge is 0.404 e. The van der Waals surface area contributed by atoms with Gasteiger partial charge in [-0.1, -0.05) is 79.9 Å². The van der Waals surface area contributed by atoms with Gasteiger partial charge in [-0.25, -0.2) is 4.79 Å². The molecule has 0 atom stereocenters. The SMILES string of the molecule is O=C(O)NC1CCCCC1.c1ccc(-c2ccccc2)cc1. The van der Waals surface area contributed by atoms with Gasteiger partial charge in [0.2, 0.25) is 0 Å². The fourth-order valence-corrected chi connectivity index (χ4v) is 2.68. The number of nitrogens with one attached hydrogen (secondary N) is 1. The van der Waals surface area contributed by atoms with Crippen LogP contribution in [0.15, 0.2) is 60.7 Å². The molecule has 2 N–H and O–H groups in total. The van der Waals surface area contributed by atoms with Gasteiger partial charge in [0.25, 0.3) is 0 Å². The van der Waals surface area contributed by atoms with Crippen molar-refractivity contribution in [3.8, 4) is 11.1 Å². The number of carboxylic acid groups (broad SMARTS) is 1. The van der Waals surface area contributed by atoms with Crippen LogP contribution in [0.4, 0.5) is 4.79 Å². The number of hydrogen-bond acceptors (Lipinski definition) is 1. The summed E-state index contributed by atoms with van der Waals surface area (Å²) in [6.45, 7) is 0. The standard InChI is InChI=1S/C12H10.C7H13NO2/c1-3-7-11(8-4-1)12-9-5-2-6-10-12;9-7(10)8-6-4-2-1-3-5-6/h1-10H;6,8H,1-5H2,(H,9,10). The van der Waals surface area contributed by atoms with Crippen molar-refractivity contribution in [3.63, 3.8) is 0 Å². The van der Waals surface area contributed by atoms with Crippen LogP contribution in [0.25, 0.3) is 11.1 Å². The van der Waals surface area contributed by atoms with Crippen LogP contribution in [0.1, 0.15) is 32.1 Å². The molecule has 2 aromatic rings. The van der Waals surface area contributed by atoms with Crippen molar-refractivity contribution in [3.05, 3.63) is 60.7 Å². The molecular weight excluding hydrogens is 274 g/mol. The van der Waals surface area contributed by atoms with E-state index in [0.717, 1.165) is 12.8 Å². The molecule has 1 aliphatic carbocycles. The van der Waals surface area contributed by atoms with Crippen LogP contribution in [0, 0.1) is 0 Å². The summed E-state index contributed by atoms with van der Waals surface area (Å²) in [5.41, 5.74) is 2.55. The predicted octanol–water partition coefficient (Wildman–Crippen LogP) is 4.94. The minimum atomic E-state index is -0.882. The van der Waals surface area contributed by atoms with E-state index in [4.69, 9.17) is 5.11 Å². The highest BCUT2D eigenvalue weighted by Gasteiger charge is 2.14. The van der Waals surface area contributed by atoms with Gasteiger partial charge in [0, 0.05) is 6.04 Å². The quantitative estimate of drug-likeness (QED) is 0.824. The Bertz CT molecular complexity index is 511. The Balaban J connectivity index is 0.000000164. The van der Waals surface area contributed by atoms with Gasteiger partial charge in [-0.2, -0.15) is 0 Å². The number of benzene rings is 2. The third-order valence-electron chi connectivity index (χ3n) is 3.81.